The molecule has 1 aliphatic rings. The van der Waals surface area contributed by atoms with Crippen molar-refractivity contribution in [3.05, 3.63) is 29.8 Å². The predicted molar refractivity (Wildman–Crippen MR) is 85.6 cm³/mol. The quantitative estimate of drug-likeness (QED) is 0.842. The summed E-state index contributed by atoms with van der Waals surface area (Å²) in [6.07, 6.45) is 6.50. The van der Waals surface area contributed by atoms with E-state index >= 15 is 0 Å². The lowest BCUT2D eigenvalue weighted by molar-refractivity contribution is -0.122. The van der Waals surface area contributed by atoms with Gasteiger partial charge in [-0.25, -0.2) is 13.6 Å². The van der Waals surface area contributed by atoms with Crippen molar-refractivity contribution in [2.45, 2.75) is 56.4 Å². The van der Waals surface area contributed by atoms with Gasteiger partial charge in [0.25, 0.3) is 0 Å². The molecule has 1 aliphatic carbocycles. The van der Waals surface area contributed by atoms with Gasteiger partial charge in [0.15, 0.2) is 0 Å². The predicted octanol–water partition coefficient (Wildman–Crippen LogP) is 2.48. The third kappa shape index (κ3) is 4.81. The Balaban J connectivity index is 1.90. The molecule has 22 heavy (non-hydrogen) atoms. The van der Waals surface area contributed by atoms with E-state index in [0.29, 0.717) is 12.3 Å². The first kappa shape index (κ1) is 17.0. The maximum absolute atomic E-state index is 12.0. The van der Waals surface area contributed by atoms with Crippen LogP contribution in [-0.2, 0) is 14.8 Å². The minimum atomic E-state index is -3.72. The molecule has 1 saturated carbocycles. The van der Waals surface area contributed by atoms with Crippen molar-refractivity contribution in [2.75, 3.05) is 0 Å². The van der Waals surface area contributed by atoms with Gasteiger partial charge in [0.1, 0.15) is 0 Å². The number of hydrogen-bond acceptors (Lipinski definition) is 3. The number of amides is 1. The molecule has 0 saturated heterocycles. The van der Waals surface area contributed by atoms with Crippen molar-refractivity contribution in [1.82, 2.24) is 5.32 Å². The standard InChI is InChI=1S/C16H24N2O3S/c1-12(14-7-4-8-15(11-14)22(17,20)21)18-16(19)10-9-13-5-2-3-6-13/h4,7-8,11-13H,2-3,5-6,9-10H2,1H3,(H,18,19)(H2,17,20,21)/t12-/m0/s1. The number of carbonyl (C=O) groups is 1. The summed E-state index contributed by atoms with van der Waals surface area (Å²) in [6, 6.07) is 6.15. The zero-order chi connectivity index (χ0) is 16.2. The van der Waals surface area contributed by atoms with E-state index in [4.69, 9.17) is 5.14 Å². The summed E-state index contributed by atoms with van der Waals surface area (Å²) in [5.41, 5.74) is 0.737. The molecule has 0 radical (unpaired) electrons. The largest absolute Gasteiger partial charge is 0.350 e. The van der Waals surface area contributed by atoms with Crippen LogP contribution in [0.1, 0.15) is 57.1 Å². The second kappa shape index (κ2) is 7.24. The van der Waals surface area contributed by atoms with Crippen LogP contribution in [0.4, 0.5) is 0 Å². The van der Waals surface area contributed by atoms with Gasteiger partial charge in [0, 0.05) is 6.42 Å². The first-order valence-electron chi connectivity index (χ1n) is 7.78. The van der Waals surface area contributed by atoms with Gasteiger partial charge in [-0.1, -0.05) is 37.8 Å². The summed E-state index contributed by atoms with van der Waals surface area (Å²) < 4.78 is 22.7. The van der Waals surface area contributed by atoms with Crippen molar-refractivity contribution >= 4 is 15.9 Å². The molecule has 0 aromatic heterocycles. The average molecular weight is 324 g/mol. The fourth-order valence-corrected chi connectivity index (χ4v) is 3.56. The van der Waals surface area contributed by atoms with Crippen LogP contribution in [0.2, 0.25) is 0 Å². The summed E-state index contributed by atoms with van der Waals surface area (Å²) in [5, 5.41) is 8.05. The Morgan fingerprint density at radius 2 is 2.05 bits per heavy atom. The number of benzene rings is 1. The molecule has 0 bridgehead atoms. The Kier molecular flexibility index (Phi) is 5.58. The van der Waals surface area contributed by atoms with Crippen LogP contribution in [0.3, 0.4) is 0 Å². The Bertz CT molecular complexity index is 622. The smallest absolute Gasteiger partial charge is 0.238 e. The fraction of sp³-hybridized carbons (Fsp3) is 0.562. The normalized spacial score (nSPS) is 17.4. The highest BCUT2D eigenvalue weighted by molar-refractivity contribution is 7.89. The van der Waals surface area contributed by atoms with Crippen LogP contribution >= 0.6 is 0 Å². The molecule has 1 fully saturated rings. The molecule has 1 atom stereocenters. The summed E-state index contributed by atoms with van der Waals surface area (Å²) in [5.74, 6) is 0.701. The number of sulfonamides is 1. The van der Waals surface area contributed by atoms with E-state index in [1.54, 1.807) is 12.1 Å². The molecule has 0 spiro atoms. The molecule has 0 heterocycles. The highest BCUT2D eigenvalue weighted by Crippen LogP contribution is 2.28. The van der Waals surface area contributed by atoms with Crippen LogP contribution in [-0.4, -0.2) is 14.3 Å². The van der Waals surface area contributed by atoms with Crippen molar-refractivity contribution in [3.63, 3.8) is 0 Å². The summed E-state index contributed by atoms with van der Waals surface area (Å²) in [7, 11) is -3.72. The number of hydrogen-bond donors (Lipinski definition) is 2. The fourth-order valence-electron chi connectivity index (χ4n) is 2.99. The Morgan fingerprint density at radius 1 is 1.36 bits per heavy atom. The monoisotopic (exact) mass is 324 g/mol. The van der Waals surface area contributed by atoms with Crippen LogP contribution in [0.15, 0.2) is 29.2 Å². The molecule has 1 aromatic rings. The van der Waals surface area contributed by atoms with Gasteiger partial charge in [-0.05, 0) is 37.0 Å². The zero-order valence-corrected chi connectivity index (χ0v) is 13.7. The van der Waals surface area contributed by atoms with E-state index in [2.05, 4.69) is 5.32 Å². The molecule has 5 nitrogen and oxygen atoms in total. The van der Waals surface area contributed by atoms with E-state index in [9.17, 15) is 13.2 Å². The molecule has 6 heteroatoms. The molecule has 122 valence electrons. The highest BCUT2D eigenvalue weighted by atomic mass is 32.2. The Labute approximate surface area is 132 Å². The number of nitrogens with two attached hydrogens (primary N) is 1. The van der Waals surface area contributed by atoms with Gasteiger partial charge < -0.3 is 5.32 Å². The highest BCUT2D eigenvalue weighted by Gasteiger charge is 2.17. The topological polar surface area (TPSA) is 89.3 Å². The number of primary sulfonamides is 1. The third-order valence-electron chi connectivity index (χ3n) is 4.32. The molecule has 1 amide bonds. The molecule has 2 rings (SSSR count). The molecular formula is C16H24N2O3S. The first-order chi connectivity index (χ1) is 10.4. The van der Waals surface area contributed by atoms with Crippen molar-refractivity contribution < 1.29 is 13.2 Å². The summed E-state index contributed by atoms with van der Waals surface area (Å²) in [6.45, 7) is 1.84. The third-order valence-corrected chi connectivity index (χ3v) is 5.23. The SMILES string of the molecule is C[C@H](NC(=O)CCC1CCCC1)c1cccc(S(N)(=O)=O)c1. The van der Waals surface area contributed by atoms with Crippen molar-refractivity contribution in [1.29, 1.82) is 0 Å². The zero-order valence-electron chi connectivity index (χ0n) is 12.9. The lowest BCUT2D eigenvalue weighted by Crippen LogP contribution is -2.27. The van der Waals surface area contributed by atoms with E-state index in [1.165, 1.54) is 37.8 Å². The minimum absolute atomic E-state index is 0.0143. The molecule has 3 N–H and O–H groups in total. The average Bonchev–Trinajstić information content (AvgIpc) is 2.97. The number of nitrogens with one attached hydrogen (secondary N) is 1. The lowest BCUT2D eigenvalue weighted by atomic mass is 10.0. The molecule has 0 unspecified atom stereocenters. The van der Waals surface area contributed by atoms with Crippen LogP contribution < -0.4 is 10.5 Å². The molecular weight excluding hydrogens is 300 g/mol. The van der Waals surface area contributed by atoms with E-state index < -0.39 is 10.0 Å². The van der Waals surface area contributed by atoms with Crippen molar-refractivity contribution in [2.24, 2.45) is 11.1 Å². The minimum Gasteiger partial charge on any atom is -0.350 e. The Hall–Kier alpha value is -1.40. The first-order valence-corrected chi connectivity index (χ1v) is 9.33. The summed E-state index contributed by atoms with van der Waals surface area (Å²) in [4.78, 5) is 12.1. The lowest BCUT2D eigenvalue weighted by Gasteiger charge is -2.16. The van der Waals surface area contributed by atoms with E-state index in [-0.39, 0.29) is 16.8 Å². The second-order valence-electron chi connectivity index (χ2n) is 6.10. The number of rotatable bonds is 6. The number of carbonyl (C=O) groups excluding carboxylic acids is 1. The van der Waals surface area contributed by atoms with Gasteiger partial charge in [-0.3, -0.25) is 4.79 Å². The van der Waals surface area contributed by atoms with Gasteiger partial charge in [0.05, 0.1) is 10.9 Å². The van der Waals surface area contributed by atoms with Crippen LogP contribution in [0, 0.1) is 5.92 Å². The second-order valence-corrected chi connectivity index (χ2v) is 7.66. The maximum Gasteiger partial charge on any atom is 0.238 e. The molecule has 1 aromatic carbocycles. The summed E-state index contributed by atoms with van der Waals surface area (Å²) >= 11 is 0. The van der Waals surface area contributed by atoms with Crippen molar-refractivity contribution in [3.8, 4) is 0 Å². The van der Waals surface area contributed by atoms with Gasteiger partial charge in [-0.2, -0.15) is 0 Å². The van der Waals surface area contributed by atoms with Crippen LogP contribution in [0.5, 0.6) is 0 Å². The van der Waals surface area contributed by atoms with Gasteiger partial charge >= 0.3 is 0 Å². The van der Waals surface area contributed by atoms with Crippen LogP contribution in [0.25, 0.3) is 0 Å². The van der Waals surface area contributed by atoms with E-state index in [0.717, 1.165) is 12.0 Å². The van der Waals surface area contributed by atoms with Gasteiger partial charge in [0.2, 0.25) is 15.9 Å². The maximum atomic E-state index is 12.0. The molecule has 0 aliphatic heterocycles. The van der Waals surface area contributed by atoms with E-state index in [1.807, 2.05) is 6.92 Å². The Morgan fingerprint density at radius 3 is 2.68 bits per heavy atom. The van der Waals surface area contributed by atoms with Gasteiger partial charge in [-0.15, -0.1) is 0 Å².